The Labute approximate surface area is 97.8 Å². The second-order valence-corrected chi connectivity index (χ2v) is 5.38. The highest BCUT2D eigenvalue weighted by Crippen LogP contribution is 2.25. The van der Waals surface area contributed by atoms with Gasteiger partial charge in [0.1, 0.15) is 0 Å². The summed E-state index contributed by atoms with van der Waals surface area (Å²) in [5.41, 5.74) is 5.64. The molecule has 0 aromatic carbocycles. The average molecular weight is 225 g/mol. The molecule has 16 heavy (non-hydrogen) atoms. The summed E-state index contributed by atoms with van der Waals surface area (Å²) in [6.45, 7) is 8.13. The lowest BCUT2D eigenvalue weighted by molar-refractivity contribution is -0.129. The lowest BCUT2D eigenvalue weighted by atomic mass is 10.1. The molecule has 0 bridgehead atoms. The topological polar surface area (TPSA) is 49.6 Å². The number of carbonyl (C=O) groups is 1. The van der Waals surface area contributed by atoms with Crippen LogP contribution in [-0.2, 0) is 4.79 Å². The summed E-state index contributed by atoms with van der Waals surface area (Å²) in [5.74, 6) is 0.701. The predicted molar refractivity (Wildman–Crippen MR) is 64.0 cm³/mol. The molecule has 2 fully saturated rings. The Balaban J connectivity index is 1.92. The van der Waals surface area contributed by atoms with Gasteiger partial charge in [0.05, 0.1) is 0 Å². The zero-order valence-electron chi connectivity index (χ0n) is 10.4. The SMILES string of the molecule is CC(C)N1CCC(N2CC(CN)CC2=O)C1. The summed E-state index contributed by atoms with van der Waals surface area (Å²) in [7, 11) is 0. The fourth-order valence-corrected chi connectivity index (χ4v) is 2.81. The van der Waals surface area contributed by atoms with E-state index in [0.29, 0.717) is 36.9 Å². The van der Waals surface area contributed by atoms with Crippen LogP contribution in [0.5, 0.6) is 0 Å². The van der Waals surface area contributed by atoms with Gasteiger partial charge in [0.25, 0.3) is 0 Å². The molecule has 2 aliphatic rings. The molecule has 2 aliphatic heterocycles. The second-order valence-electron chi connectivity index (χ2n) is 5.38. The first-order valence-electron chi connectivity index (χ1n) is 6.35. The van der Waals surface area contributed by atoms with Crippen molar-refractivity contribution in [1.29, 1.82) is 0 Å². The van der Waals surface area contributed by atoms with Crippen molar-refractivity contribution < 1.29 is 4.79 Å². The zero-order valence-corrected chi connectivity index (χ0v) is 10.4. The number of hydrogen-bond donors (Lipinski definition) is 1. The molecule has 2 atom stereocenters. The van der Waals surface area contributed by atoms with Gasteiger partial charge < -0.3 is 10.6 Å². The van der Waals surface area contributed by atoms with E-state index < -0.39 is 0 Å². The summed E-state index contributed by atoms with van der Waals surface area (Å²) in [4.78, 5) is 16.4. The summed E-state index contributed by atoms with van der Waals surface area (Å²) in [6, 6.07) is 1.03. The van der Waals surface area contributed by atoms with Crippen molar-refractivity contribution in [2.24, 2.45) is 11.7 Å². The molecule has 0 spiro atoms. The number of nitrogens with zero attached hydrogens (tertiary/aromatic N) is 2. The van der Waals surface area contributed by atoms with Crippen molar-refractivity contribution in [2.45, 2.75) is 38.8 Å². The lowest BCUT2D eigenvalue weighted by Gasteiger charge is -2.26. The highest BCUT2D eigenvalue weighted by molar-refractivity contribution is 5.79. The number of amides is 1. The molecule has 0 aromatic heterocycles. The van der Waals surface area contributed by atoms with Crippen LogP contribution < -0.4 is 5.73 Å². The van der Waals surface area contributed by atoms with Gasteiger partial charge in [0, 0.05) is 38.1 Å². The zero-order chi connectivity index (χ0) is 11.7. The van der Waals surface area contributed by atoms with Crippen LogP contribution in [0, 0.1) is 5.92 Å². The Hall–Kier alpha value is -0.610. The first-order chi connectivity index (χ1) is 7.61. The standard InChI is InChI=1S/C12H23N3O/c1-9(2)14-4-3-11(8-14)15-7-10(6-13)5-12(15)16/h9-11H,3-8,13H2,1-2H3. The summed E-state index contributed by atoms with van der Waals surface area (Å²) in [6.07, 6.45) is 1.79. The van der Waals surface area contributed by atoms with Crippen molar-refractivity contribution in [3.63, 3.8) is 0 Å². The molecule has 1 amide bonds. The molecule has 92 valence electrons. The first kappa shape index (κ1) is 11.9. The largest absolute Gasteiger partial charge is 0.338 e. The third-order valence-electron chi connectivity index (χ3n) is 3.94. The van der Waals surface area contributed by atoms with Gasteiger partial charge in [-0.25, -0.2) is 0 Å². The van der Waals surface area contributed by atoms with Gasteiger partial charge in [-0.1, -0.05) is 0 Å². The maximum Gasteiger partial charge on any atom is 0.223 e. The molecular weight excluding hydrogens is 202 g/mol. The average Bonchev–Trinajstić information content (AvgIpc) is 2.83. The van der Waals surface area contributed by atoms with Crippen LogP contribution in [0.25, 0.3) is 0 Å². The molecule has 0 saturated carbocycles. The van der Waals surface area contributed by atoms with Crippen molar-refractivity contribution in [3.8, 4) is 0 Å². The molecule has 0 radical (unpaired) electrons. The number of likely N-dealkylation sites (tertiary alicyclic amines) is 2. The fraction of sp³-hybridized carbons (Fsp3) is 0.917. The van der Waals surface area contributed by atoms with E-state index in [2.05, 4.69) is 23.6 Å². The van der Waals surface area contributed by atoms with Crippen LogP contribution in [-0.4, -0.2) is 54.0 Å². The van der Waals surface area contributed by atoms with Gasteiger partial charge in [-0.05, 0) is 32.7 Å². The Morgan fingerprint density at radius 2 is 2.19 bits per heavy atom. The van der Waals surface area contributed by atoms with E-state index in [1.807, 2.05) is 0 Å². The molecular formula is C12H23N3O. The maximum absolute atomic E-state index is 11.9. The third-order valence-corrected chi connectivity index (χ3v) is 3.94. The van der Waals surface area contributed by atoms with Crippen LogP contribution >= 0.6 is 0 Å². The van der Waals surface area contributed by atoms with Gasteiger partial charge in [0.2, 0.25) is 5.91 Å². The summed E-state index contributed by atoms with van der Waals surface area (Å²) in [5, 5.41) is 0. The Kier molecular flexibility index (Phi) is 3.50. The van der Waals surface area contributed by atoms with Crippen molar-refractivity contribution in [2.75, 3.05) is 26.2 Å². The minimum atomic E-state index is 0.311. The molecule has 2 rings (SSSR count). The molecule has 2 saturated heterocycles. The van der Waals surface area contributed by atoms with E-state index in [-0.39, 0.29) is 0 Å². The van der Waals surface area contributed by atoms with Gasteiger partial charge in [-0.3, -0.25) is 9.69 Å². The van der Waals surface area contributed by atoms with Crippen LogP contribution in [0.1, 0.15) is 26.7 Å². The molecule has 2 unspecified atom stereocenters. The third kappa shape index (κ3) is 2.23. The molecule has 4 heteroatoms. The Bertz CT molecular complexity index is 267. The smallest absolute Gasteiger partial charge is 0.223 e. The molecule has 0 aromatic rings. The number of hydrogen-bond acceptors (Lipinski definition) is 3. The molecule has 4 nitrogen and oxygen atoms in total. The van der Waals surface area contributed by atoms with Crippen molar-refractivity contribution in [1.82, 2.24) is 9.80 Å². The van der Waals surface area contributed by atoms with Crippen LogP contribution in [0.15, 0.2) is 0 Å². The number of rotatable bonds is 3. The van der Waals surface area contributed by atoms with E-state index in [4.69, 9.17) is 5.73 Å². The quantitative estimate of drug-likeness (QED) is 0.750. The number of nitrogens with two attached hydrogens (primary N) is 1. The van der Waals surface area contributed by atoms with Crippen molar-refractivity contribution in [3.05, 3.63) is 0 Å². The Morgan fingerprint density at radius 3 is 2.69 bits per heavy atom. The summed E-state index contributed by atoms with van der Waals surface area (Å²) < 4.78 is 0. The van der Waals surface area contributed by atoms with Crippen molar-refractivity contribution >= 4 is 5.91 Å². The van der Waals surface area contributed by atoms with Gasteiger partial charge in [-0.15, -0.1) is 0 Å². The van der Waals surface area contributed by atoms with E-state index in [1.165, 1.54) is 0 Å². The lowest BCUT2D eigenvalue weighted by Crippen LogP contribution is -2.40. The van der Waals surface area contributed by atoms with Crippen LogP contribution in [0.3, 0.4) is 0 Å². The second kappa shape index (κ2) is 4.72. The fourth-order valence-electron chi connectivity index (χ4n) is 2.81. The maximum atomic E-state index is 11.9. The highest BCUT2D eigenvalue weighted by atomic mass is 16.2. The monoisotopic (exact) mass is 225 g/mol. The van der Waals surface area contributed by atoms with E-state index in [0.717, 1.165) is 26.1 Å². The van der Waals surface area contributed by atoms with Crippen LogP contribution in [0.2, 0.25) is 0 Å². The van der Waals surface area contributed by atoms with Gasteiger partial charge in [0.15, 0.2) is 0 Å². The van der Waals surface area contributed by atoms with E-state index in [1.54, 1.807) is 0 Å². The Morgan fingerprint density at radius 1 is 1.44 bits per heavy atom. The first-order valence-corrected chi connectivity index (χ1v) is 6.35. The number of carbonyl (C=O) groups excluding carboxylic acids is 1. The molecule has 0 aliphatic carbocycles. The summed E-state index contributed by atoms with van der Waals surface area (Å²) >= 11 is 0. The highest BCUT2D eigenvalue weighted by Gasteiger charge is 2.37. The van der Waals surface area contributed by atoms with Gasteiger partial charge in [-0.2, -0.15) is 0 Å². The minimum Gasteiger partial charge on any atom is -0.338 e. The minimum absolute atomic E-state index is 0.311. The molecule has 2 heterocycles. The van der Waals surface area contributed by atoms with E-state index in [9.17, 15) is 4.79 Å². The van der Waals surface area contributed by atoms with Crippen LogP contribution in [0.4, 0.5) is 0 Å². The normalized spacial score (nSPS) is 32.0. The molecule has 2 N–H and O–H groups in total. The predicted octanol–water partition coefficient (Wildman–Crippen LogP) is 0.276. The van der Waals surface area contributed by atoms with E-state index >= 15 is 0 Å². The van der Waals surface area contributed by atoms with Gasteiger partial charge >= 0.3 is 0 Å².